The number of amides is 2. The minimum absolute atomic E-state index is 0.192. The Morgan fingerprint density at radius 1 is 1.36 bits per heavy atom. The number of para-hydroxylation sites is 1. The molecule has 0 bridgehead atoms. The average molecular weight is 194 g/mol. The Morgan fingerprint density at radius 2 is 1.93 bits per heavy atom. The molecule has 1 aromatic carbocycles. The molecule has 0 aliphatic rings. The third kappa shape index (κ3) is 1.82. The molecule has 14 heavy (non-hydrogen) atoms. The van der Waals surface area contributed by atoms with Gasteiger partial charge in [0.25, 0.3) is 5.91 Å². The first-order valence-corrected chi connectivity index (χ1v) is 3.89. The standard InChI is InChI=1S/C9H10N2O3/c1-11(9(13)14)7-5-3-2-4-6(7)8(10)12/h2-5H,1H3,(H2,10,12)(H,13,14). The zero-order valence-corrected chi connectivity index (χ0v) is 7.60. The highest BCUT2D eigenvalue weighted by atomic mass is 16.4. The van der Waals surface area contributed by atoms with Crippen LogP contribution in [-0.2, 0) is 0 Å². The third-order valence-electron chi connectivity index (χ3n) is 1.82. The van der Waals surface area contributed by atoms with Gasteiger partial charge in [-0.05, 0) is 12.1 Å². The summed E-state index contributed by atoms with van der Waals surface area (Å²) in [7, 11) is 1.35. The highest BCUT2D eigenvalue weighted by Crippen LogP contribution is 2.18. The number of hydrogen-bond donors (Lipinski definition) is 2. The van der Waals surface area contributed by atoms with E-state index in [1.54, 1.807) is 12.1 Å². The van der Waals surface area contributed by atoms with Gasteiger partial charge in [0.15, 0.2) is 0 Å². The van der Waals surface area contributed by atoms with Gasteiger partial charge in [0.2, 0.25) is 0 Å². The fourth-order valence-electron chi connectivity index (χ4n) is 1.08. The van der Waals surface area contributed by atoms with E-state index in [0.717, 1.165) is 4.90 Å². The molecule has 0 spiro atoms. The molecule has 0 aromatic heterocycles. The van der Waals surface area contributed by atoms with Gasteiger partial charge in [0.05, 0.1) is 11.3 Å². The maximum atomic E-state index is 11.0. The molecule has 0 saturated carbocycles. The molecule has 0 aliphatic carbocycles. The van der Waals surface area contributed by atoms with Crippen molar-refractivity contribution in [2.24, 2.45) is 5.73 Å². The largest absolute Gasteiger partial charge is 0.465 e. The van der Waals surface area contributed by atoms with Crippen molar-refractivity contribution in [3.63, 3.8) is 0 Å². The van der Waals surface area contributed by atoms with E-state index < -0.39 is 12.0 Å². The number of benzene rings is 1. The molecule has 2 amide bonds. The lowest BCUT2D eigenvalue weighted by Crippen LogP contribution is -2.27. The van der Waals surface area contributed by atoms with Crippen molar-refractivity contribution in [2.75, 3.05) is 11.9 Å². The van der Waals surface area contributed by atoms with E-state index in [2.05, 4.69) is 0 Å². The molecule has 0 atom stereocenters. The molecule has 3 N–H and O–H groups in total. The van der Waals surface area contributed by atoms with E-state index in [1.165, 1.54) is 19.2 Å². The molecule has 0 heterocycles. The summed E-state index contributed by atoms with van der Waals surface area (Å²) in [6.45, 7) is 0. The first-order chi connectivity index (χ1) is 6.54. The van der Waals surface area contributed by atoms with Crippen molar-refractivity contribution >= 4 is 17.7 Å². The first kappa shape index (κ1) is 10.0. The van der Waals surface area contributed by atoms with Crippen LogP contribution in [0.1, 0.15) is 10.4 Å². The molecule has 1 rings (SSSR count). The third-order valence-corrected chi connectivity index (χ3v) is 1.82. The molecule has 0 fully saturated rings. The lowest BCUT2D eigenvalue weighted by Gasteiger charge is -2.15. The molecule has 0 saturated heterocycles. The molecule has 0 unspecified atom stereocenters. The molecule has 0 radical (unpaired) electrons. The van der Waals surface area contributed by atoms with Gasteiger partial charge in [-0.2, -0.15) is 0 Å². The Kier molecular flexibility index (Phi) is 2.71. The van der Waals surface area contributed by atoms with Crippen LogP contribution in [0.25, 0.3) is 0 Å². The van der Waals surface area contributed by atoms with Crippen molar-refractivity contribution < 1.29 is 14.7 Å². The second-order valence-corrected chi connectivity index (χ2v) is 2.72. The molecule has 74 valence electrons. The lowest BCUT2D eigenvalue weighted by molar-refractivity contribution is 0.100. The van der Waals surface area contributed by atoms with Crippen LogP contribution in [0.5, 0.6) is 0 Å². The van der Waals surface area contributed by atoms with Crippen LogP contribution in [-0.4, -0.2) is 24.2 Å². The highest BCUT2D eigenvalue weighted by molar-refractivity contribution is 6.02. The van der Waals surface area contributed by atoms with E-state index in [9.17, 15) is 9.59 Å². The van der Waals surface area contributed by atoms with Gasteiger partial charge in [-0.25, -0.2) is 4.79 Å². The minimum atomic E-state index is -1.14. The van der Waals surface area contributed by atoms with E-state index in [0.29, 0.717) is 0 Å². The van der Waals surface area contributed by atoms with Gasteiger partial charge in [-0.15, -0.1) is 0 Å². The van der Waals surface area contributed by atoms with Gasteiger partial charge in [-0.3, -0.25) is 9.69 Å². The van der Waals surface area contributed by atoms with E-state index in [1.807, 2.05) is 0 Å². The zero-order chi connectivity index (χ0) is 10.7. The molecule has 5 nitrogen and oxygen atoms in total. The van der Waals surface area contributed by atoms with Crippen molar-refractivity contribution in [1.29, 1.82) is 0 Å². The Labute approximate surface area is 80.7 Å². The quantitative estimate of drug-likeness (QED) is 0.733. The number of carbonyl (C=O) groups is 2. The number of rotatable bonds is 2. The number of nitrogens with two attached hydrogens (primary N) is 1. The summed E-state index contributed by atoms with van der Waals surface area (Å²) in [5.74, 6) is -0.645. The fraction of sp³-hybridized carbons (Fsp3) is 0.111. The van der Waals surface area contributed by atoms with Crippen molar-refractivity contribution in [3.8, 4) is 0 Å². The van der Waals surface area contributed by atoms with E-state index >= 15 is 0 Å². The Hall–Kier alpha value is -2.04. The summed E-state index contributed by atoms with van der Waals surface area (Å²) in [5.41, 5.74) is 5.57. The van der Waals surface area contributed by atoms with Crippen LogP contribution in [0.3, 0.4) is 0 Å². The Balaban J connectivity index is 3.19. The lowest BCUT2D eigenvalue weighted by atomic mass is 10.1. The summed E-state index contributed by atoms with van der Waals surface area (Å²) in [5, 5.41) is 8.72. The van der Waals surface area contributed by atoms with Crippen LogP contribution in [0.15, 0.2) is 24.3 Å². The number of primary amides is 1. The summed E-state index contributed by atoms with van der Waals surface area (Å²) in [6, 6.07) is 6.27. The molecular formula is C9H10N2O3. The summed E-state index contributed by atoms with van der Waals surface area (Å²) < 4.78 is 0. The molecule has 5 heteroatoms. The maximum Gasteiger partial charge on any atom is 0.411 e. The summed E-state index contributed by atoms with van der Waals surface area (Å²) >= 11 is 0. The summed E-state index contributed by atoms with van der Waals surface area (Å²) in [6.07, 6.45) is -1.14. The number of carboxylic acid groups (broad SMARTS) is 1. The second kappa shape index (κ2) is 3.78. The topological polar surface area (TPSA) is 83.6 Å². The normalized spacial score (nSPS) is 9.50. The highest BCUT2D eigenvalue weighted by Gasteiger charge is 2.14. The van der Waals surface area contributed by atoms with Gasteiger partial charge >= 0.3 is 6.09 Å². The molecular weight excluding hydrogens is 184 g/mol. The number of nitrogens with zero attached hydrogens (tertiary/aromatic N) is 1. The van der Waals surface area contributed by atoms with Crippen LogP contribution in [0.2, 0.25) is 0 Å². The smallest absolute Gasteiger partial charge is 0.411 e. The van der Waals surface area contributed by atoms with E-state index in [4.69, 9.17) is 10.8 Å². The Morgan fingerprint density at radius 3 is 2.43 bits per heavy atom. The van der Waals surface area contributed by atoms with Crippen molar-refractivity contribution in [2.45, 2.75) is 0 Å². The fourth-order valence-corrected chi connectivity index (χ4v) is 1.08. The number of anilines is 1. The van der Waals surface area contributed by atoms with Crippen LogP contribution >= 0.6 is 0 Å². The second-order valence-electron chi connectivity index (χ2n) is 2.72. The van der Waals surface area contributed by atoms with Gasteiger partial charge in [0.1, 0.15) is 0 Å². The SMILES string of the molecule is CN(C(=O)O)c1ccccc1C(N)=O. The summed E-state index contributed by atoms with van der Waals surface area (Å²) in [4.78, 5) is 22.5. The minimum Gasteiger partial charge on any atom is -0.465 e. The predicted octanol–water partition coefficient (Wildman–Crippen LogP) is 0.900. The van der Waals surface area contributed by atoms with E-state index in [-0.39, 0.29) is 11.3 Å². The predicted molar refractivity (Wildman–Crippen MR) is 51.4 cm³/mol. The van der Waals surface area contributed by atoms with Crippen molar-refractivity contribution in [1.82, 2.24) is 0 Å². The number of carbonyl (C=O) groups excluding carboxylic acids is 1. The van der Waals surface area contributed by atoms with Crippen LogP contribution < -0.4 is 10.6 Å². The monoisotopic (exact) mass is 194 g/mol. The Bertz CT molecular complexity index is 376. The molecule has 1 aromatic rings. The van der Waals surface area contributed by atoms with Gasteiger partial charge in [-0.1, -0.05) is 12.1 Å². The zero-order valence-electron chi connectivity index (χ0n) is 7.60. The maximum absolute atomic E-state index is 11.0. The average Bonchev–Trinajstić information content (AvgIpc) is 2.16. The van der Waals surface area contributed by atoms with Crippen molar-refractivity contribution in [3.05, 3.63) is 29.8 Å². The van der Waals surface area contributed by atoms with Gasteiger partial charge in [0, 0.05) is 7.05 Å². The first-order valence-electron chi connectivity index (χ1n) is 3.89. The van der Waals surface area contributed by atoms with Crippen LogP contribution in [0, 0.1) is 0 Å². The number of hydrogen-bond acceptors (Lipinski definition) is 2. The van der Waals surface area contributed by atoms with Crippen LogP contribution in [0.4, 0.5) is 10.5 Å². The van der Waals surface area contributed by atoms with Gasteiger partial charge < -0.3 is 10.8 Å². The molecule has 0 aliphatic heterocycles.